The molecule has 0 aromatic heterocycles. The van der Waals surface area contributed by atoms with Gasteiger partial charge in [-0.25, -0.2) is 0 Å². The molecule has 112 valence electrons. The van der Waals surface area contributed by atoms with Gasteiger partial charge in [-0.1, -0.05) is 43.2 Å². The third kappa shape index (κ3) is 4.07. The van der Waals surface area contributed by atoms with Crippen LogP contribution in [0.3, 0.4) is 0 Å². The van der Waals surface area contributed by atoms with Crippen LogP contribution in [0.4, 0.5) is 0 Å². The van der Waals surface area contributed by atoms with Crippen LogP contribution < -0.4 is 11.1 Å². The molecule has 0 aliphatic carbocycles. The summed E-state index contributed by atoms with van der Waals surface area (Å²) in [7, 11) is 0. The Bertz CT molecular complexity index is 422. The van der Waals surface area contributed by atoms with Gasteiger partial charge in [-0.15, -0.1) is 0 Å². The number of nitrogens with one attached hydrogen (secondary N) is 1. The van der Waals surface area contributed by atoms with Gasteiger partial charge in [0, 0.05) is 13.1 Å². The smallest absolute Gasteiger partial charge is 0.227 e. The van der Waals surface area contributed by atoms with E-state index >= 15 is 0 Å². The van der Waals surface area contributed by atoms with Crippen molar-refractivity contribution in [3.63, 3.8) is 0 Å². The van der Waals surface area contributed by atoms with E-state index in [1.54, 1.807) is 0 Å². The Labute approximate surface area is 122 Å². The molecule has 0 aliphatic heterocycles. The summed E-state index contributed by atoms with van der Waals surface area (Å²) in [6.07, 6.45) is 2.44. The normalized spacial score (nSPS) is 11.4. The highest BCUT2D eigenvalue weighted by atomic mass is 16.2. The molecule has 0 saturated heterocycles. The zero-order valence-corrected chi connectivity index (χ0v) is 13.3. The van der Waals surface area contributed by atoms with Crippen LogP contribution in [0.2, 0.25) is 0 Å². The van der Waals surface area contributed by atoms with Gasteiger partial charge < -0.3 is 11.1 Å². The Morgan fingerprint density at radius 3 is 2.15 bits per heavy atom. The van der Waals surface area contributed by atoms with Crippen LogP contribution in [-0.2, 0) is 11.2 Å². The van der Waals surface area contributed by atoms with Crippen LogP contribution in [0, 0.1) is 19.3 Å². The molecule has 3 N–H and O–H groups in total. The molecule has 0 saturated carbocycles. The van der Waals surface area contributed by atoms with Gasteiger partial charge in [0.05, 0.1) is 5.41 Å². The molecular formula is C17H28N2O. The summed E-state index contributed by atoms with van der Waals surface area (Å²) >= 11 is 0. The lowest BCUT2D eigenvalue weighted by Gasteiger charge is -2.28. The molecule has 1 aromatic carbocycles. The second kappa shape index (κ2) is 7.44. The summed E-state index contributed by atoms with van der Waals surface area (Å²) in [4.78, 5) is 12.3. The van der Waals surface area contributed by atoms with Gasteiger partial charge >= 0.3 is 0 Å². The van der Waals surface area contributed by atoms with Crippen LogP contribution in [0.25, 0.3) is 0 Å². The fourth-order valence-electron chi connectivity index (χ4n) is 2.67. The molecule has 3 heteroatoms. The molecule has 0 unspecified atom stereocenters. The largest absolute Gasteiger partial charge is 0.355 e. The van der Waals surface area contributed by atoms with Crippen molar-refractivity contribution < 1.29 is 4.79 Å². The van der Waals surface area contributed by atoms with E-state index in [-0.39, 0.29) is 5.91 Å². The first-order chi connectivity index (χ1) is 9.47. The van der Waals surface area contributed by atoms with E-state index < -0.39 is 5.41 Å². The van der Waals surface area contributed by atoms with Crippen LogP contribution in [0.5, 0.6) is 0 Å². The molecule has 1 amide bonds. The molecule has 0 atom stereocenters. The maximum absolute atomic E-state index is 12.3. The fraction of sp³-hybridized carbons (Fsp3) is 0.588. The molecular weight excluding hydrogens is 248 g/mol. The third-order valence-electron chi connectivity index (χ3n) is 4.21. The lowest BCUT2D eigenvalue weighted by Crippen LogP contribution is -2.45. The van der Waals surface area contributed by atoms with Gasteiger partial charge in [0.1, 0.15) is 0 Å². The Morgan fingerprint density at radius 1 is 1.15 bits per heavy atom. The number of nitrogens with two attached hydrogens (primary N) is 1. The summed E-state index contributed by atoms with van der Waals surface area (Å²) in [5, 5.41) is 3.04. The summed E-state index contributed by atoms with van der Waals surface area (Å²) in [6, 6.07) is 6.51. The molecule has 20 heavy (non-hydrogen) atoms. The van der Waals surface area contributed by atoms with Gasteiger partial charge in [0.15, 0.2) is 0 Å². The highest BCUT2D eigenvalue weighted by Gasteiger charge is 2.32. The van der Waals surface area contributed by atoms with Gasteiger partial charge in [-0.3, -0.25) is 4.79 Å². The standard InChI is InChI=1S/C17H28N2O/c1-5-17(6-2,12-18)16(20)19-8-7-15-10-13(3)9-14(4)11-15/h9-11H,5-8,12,18H2,1-4H3,(H,19,20). The molecule has 0 spiro atoms. The molecule has 0 radical (unpaired) electrons. The Kier molecular flexibility index (Phi) is 6.21. The van der Waals surface area contributed by atoms with Crippen molar-refractivity contribution in [1.29, 1.82) is 0 Å². The van der Waals surface area contributed by atoms with Gasteiger partial charge in [0.2, 0.25) is 5.91 Å². The molecule has 1 rings (SSSR count). The van der Waals surface area contributed by atoms with Gasteiger partial charge in [-0.2, -0.15) is 0 Å². The number of rotatable bonds is 7. The zero-order chi connectivity index (χ0) is 15.2. The Morgan fingerprint density at radius 2 is 1.70 bits per heavy atom. The van der Waals surface area contributed by atoms with Crippen molar-refractivity contribution in [3.05, 3.63) is 34.9 Å². The number of carbonyl (C=O) groups excluding carboxylic acids is 1. The molecule has 0 heterocycles. The Balaban J connectivity index is 2.57. The number of amides is 1. The minimum atomic E-state index is -0.400. The molecule has 0 fully saturated rings. The Hall–Kier alpha value is -1.35. The molecule has 0 aliphatic rings. The monoisotopic (exact) mass is 276 g/mol. The summed E-state index contributed by atoms with van der Waals surface area (Å²) in [6.45, 7) is 9.34. The number of hydrogen-bond donors (Lipinski definition) is 2. The summed E-state index contributed by atoms with van der Waals surface area (Å²) in [5.74, 6) is 0.0920. The average Bonchev–Trinajstić information content (AvgIpc) is 2.40. The van der Waals surface area contributed by atoms with E-state index in [0.717, 1.165) is 19.3 Å². The quantitative estimate of drug-likeness (QED) is 0.804. The van der Waals surface area contributed by atoms with Crippen LogP contribution in [0.1, 0.15) is 43.4 Å². The van der Waals surface area contributed by atoms with Crippen LogP contribution in [0.15, 0.2) is 18.2 Å². The van der Waals surface area contributed by atoms with Crippen LogP contribution in [-0.4, -0.2) is 19.0 Å². The van der Waals surface area contributed by atoms with Gasteiger partial charge in [0.25, 0.3) is 0 Å². The lowest BCUT2D eigenvalue weighted by molar-refractivity contribution is -0.131. The topological polar surface area (TPSA) is 55.1 Å². The zero-order valence-electron chi connectivity index (χ0n) is 13.3. The first kappa shape index (κ1) is 16.7. The molecule has 1 aromatic rings. The molecule has 3 nitrogen and oxygen atoms in total. The van der Waals surface area contributed by atoms with Crippen molar-refractivity contribution in [1.82, 2.24) is 5.32 Å². The highest BCUT2D eigenvalue weighted by Crippen LogP contribution is 2.24. The second-order valence-corrected chi connectivity index (χ2v) is 5.69. The highest BCUT2D eigenvalue weighted by molar-refractivity contribution is 5.82. The molecule has 0 bridgehead atoms. The fourth-order valence-corrected chi connectivity index (χ4v) is 2.67. The number of aryl methyl sites for hydroxylation is 2. The predicted octanol–water partition coefficient (Wildman–Crippen LogP) is 2.73. The van der Waals surface area contributed by atoms with E-state index in [2.05, 4.69) is 37.4 Å². The van der Waals surface area contributed by atoms with Crippen molar-refractivity contribution in [2.45, 2.75) is 47.0 Å². The van der Waals surface area contributed by atoms with E-state index in [4.69, 9.17) is 5.73 Å². The van der Waals surface area contributed by atoms with Gasteiger partial charge in [-0.05, 0) is 38.7 Å². The maximum atomic E-state index is 12.3. The first-order valence-corrected chi connectivity index (χ1v) is 7.53. The maximum Gasteiger partial charge on any atom is 0.227 e. The second-order valence-electron chi connectivity index (χ2n) is 5.69. The van der Waals surface area contributed by atoms with Crippen molar-refractivity contribution >= 4 is 5.91 Å². The predicted molar refractivity (Wildman–Crippen MR) is 84.7 cm³/mol. The summed E-state index contributed by atoms with van der Waals surface area (Å²) < 4.78 is 0. The SMILES string of the molecule is CCC(CC)(CN)C(=O)NCCc1cc(C)cc(C)c1. The van der Waals surface area contributed by atoms with Crippen molar-refractivity contribution in [2.24, 2.45) is 11.1 Å². The van der Waals surface area contributed by atoms with Crippen LogP contribution >= 0.6 is 0 Å². The number of carbonyl (C=O) groups is 1. The first-order valence-electron chi connectivity index (χ1n) is 7.53. The van der Waals surface area contributed by atoms with E-state index in [9.17, 15) is 4.79 Å². The average molecular weight is 276 g/mol. The minimum absolute atomic E-state index is 0.0920. The van der Waals surface area contributed by atoms with E-state index in [0.29, 0.717) is 13.1 Å². The van der Waals surface area contributed by atoms with Crippen molar-refractivity contribution in [3.8, 4) is 0 Å². The minimum Gasteiger partial charge on any atom is -0.355 e. The summed E-state index contributed by atoms with van der Waals surface area (Å²) in [5.41, 5.74) is 9.20. The van der Waals surface area contributed by atoms with E-state index in [1.807, 2.05) is 13.8 Å². The number of benzene rings is 1. The third-order valence-corrected chi connectivity index (χ3v) is 4.21. The number of hydrogen-bond acceptors (Lipinski definition) is 2. The van der Waals surface area contributed by atoms with Crippen molar-refractivity contribution in [2.75, 3.05) is 13.1 Å². The van der Waals surface area contributed by atoms with E-state index in [1.165, 1.54) is 16.7 Å². The lowest BCUT2D eigenvalue weighted by atomic mass is 9.81.